The van der Waals surface area contributed by atoms with Crippen molar-refractivity contribution in [1.82, 2.24) is 5.32 Å². The van der Waals surface area contributed by atoms with Crippen molar-refractivity contribution in [2.75, 3.05) is 0 Å². The highest BCUT2D eigenvalue weighted by Crippen LogP contribution is 2.46. The predicted octanol–water partition coefficient (Wildman–Crippen LogP) is 6.31. The molecule has 2 aliphatic rings. The van der Waals surface area contributed by atoms with Gasteiger partial charge in [-0.25, -0.2) is 4.79 Å². The Labute approximate surface area is 198 Å². The van der Waals surface area contributed by atoms with Crippen LogP contribution in [0.25, 0.3) is 0 Å². The van der Waals surface area contributed by atoms with E-state index in [0.29, 0.717) is 39.7 Å². The monoisotopic (exact) mass is 469 g/mol. The average molecular weight is 470 g/mol. The number of hydrogen-bond donors (Lipinski definition) is 1. The summed E-state index contributed by atoms with van der Waals surface area (Å²) in [5.41, 5.74) is 4.46. The SMILES string of the molecule is CC1=C(C(=O)OC(C)C)[C@H](c2ccc(Cl)c(Cl)c2)C2=C(C[C@@H](c3ccccc3)CC2=O)N1. The molecule has 0 fully saturated rings. The van der Waals surface area contributed by atoms with Crippen molar-refractivity contribution in [2.45, 2.75) is 51.6 Å². The van der Waals surface area contributed by atoms with Crippen LogP contribution in [-0.4, -0.2) is 17.9 Å². The van der Waals surface area contributed by atoms with Crippen LogP contribution in [0, 0.1) is 0 Å². The van der Waals surface area contributed by atoms with E-state index in [-0.39, 0.29) is 17.8 Å². The first-order chi connectivity index (χ1) is 15.3. The number of esters is 1. The van der Waals surface area contributed by atoms with Gasteiger partial charge in [0.25, 0.3) is 0 Å². The lowest BCUT2D eigenvalue weighted by Gasteiger charge is -2.37. The Bertz CT molecular complexity index is 1140. The van der Waals surface area contributed by atoms with Gasteiger partial charge in [-0.1, -0.05) is 59.6 Å². The van der Waals surface area contributed by atoms with E-state index in [1.165, 1.54) is 0 Å². The van der Waals surface area contributed by atoms with E-state index < -0.39 is 11.9 Å². The summed E-state index contributed by atoms with van der Waals surface area (Å²) in [6.45, 7) is 5.46. The van der Waals surface area contributed by atoms with E-state index in [0.717, 1.165) is 16.8 Å². The van der Waals surface area contributed by atoms with Crippen LogP contribution in [0.3, 0.4) is 0 Å². The molecule has 1 heterocycles. The molecule has 0 saturated heterocycles. The number of nitrogens with one attached hydrogen (secondary N) is 1. The molecule has 0 bridgehead atoms. The number of benzene rings is 2. The standard InChI is InChI=1S/C26H25Cl2NO3/c1-14(2)32-26(31)23-15(3)29-21-12-18(16-7-5-4-6-8-16)13-22(30)25(21)24(23)17-9-10-19(27)20(28)11-17/h4-11,14,18,24,29H,12-13H2,1-3H3/t18-,24+/m1/s1. The Morgan fingerprint density at radius 3 is 2.41 bits per heavy atom. The first-order valence-electron chi connectivity index (χ1n) is 10.7. The van der Waals surface area contributed by atoms with Crippen molar-refractivity contribution in [3.05, 3.63) is 92.2 Å². The molecule has 32 heavy (non-hydrogen) atoms. The maximum Gasteiger partial charge on any atom is 0.337 e. The molecule has 2 atom stereocenters. The summed E-state index contributed by atoms with van der Waals surface area (Å²) < 4.78 is 5.54. The first-order valence-corrected chi connectivity index (χ1v) is 11.5. The zero-order valence-electron chi connectivity index (χ0n) is 18.2. The van der Waals surface area contributed by atoms with Crippen LogP contribution in [0.2, 0.25) is 10.0 Å². The van der Waals surface area contributed by atoms with Crippen molar-refractivity contribution in [3.8, 4) is 0 Å². The van der Waals surface area contributed by atoms with Crippen molar-refractivity contribution in [2.24, 2.45) is 0 Å². The second kappa shape index (κ2) is 9.13. The Morgan fingerprint density at radius 1 is 1.03 bits per heavy atom. The molecular weight excluding hydrogens is 445 g/mol. The average Bonchev–Trinajstić information content (AvgIpc) is 2.74. The van der Waals surface area contributed by atoms with Gasteiger partial charge in [-0.05, 0) is 56.4 Å². The van der Waals surface area contributed by atoms with E-state index in [1.54, 1.807) is 26.0 Å². The second-order valence-corrected chi connectivity index (χ2v) is 9.37. The number of rotatable bonds is 4. The molecular formula is C26H25Cl2NO3. The molecule has 0 unspecified atom stereocenters. The third-order valence-electron chi connectivity index (χ3n) is 5.94. The van der Waals surface area contributed by atoms with Crippen LogP contribution in [0.15, 0.2) is 71.1 Å². The Kier molecular flexibility index (Phi) is 6.45. The number of allylic oxidation sites excluding steroid dienone is 3. The minimum atomic E-state index is -0.559. The Morgan fingerprint density at radius 2 is 1.75 bits per heavy atom. The number of dihydropyridines is 1. The van der Waals surface area contributed by atoms with Crippen molar-refractivity contribution >= 4 is 35.0 Å². The topological polar surface area (TPSA) is 55.4 Å². The summed E-state index contributed by atoms with van der Waals surface area (Å²) in [5.74, 6) is -0.894. The normalized spacial score (nSPS) is 20.9. The second-order valence-electron chi connectivity index (χ2n) is 8.56. The Hall–Kier alpha value is -2.56. The summed E-state index contributed by atoms with van der Waals surface area (Å²) >= 11 is 12.5. The minimum Gasteiger partial charge on any atom is -0.460 e. The van der Waals surface area contributed by atoms with Crippen LogP contribution in [0.4, 0.5) is 0 Å². The van der Waals surface area contributed by atoms with Crippen LogP contribution >= 0.6 is 23.2 Å². The predicted molar refractivity (Wildman–Crippen MR) is 127 cm³/mol. The zero-order chi connectivity index (χ0) is 23.0. The number of ketones is 1. The van der Waals surface area contributed by atoms with Gasteiger partial charge in [-0.3, -0.25) is 4.79 Å². The molecule has 0 saturated carbocycles. The van der Waals surface area contributed by atoms with Gasteiger partial charge in [-0.15, -0.1) is 0 Å². The molecule has 4 nitrogen and oxygen atoms in total. The van der Waals surface area contributed by atoms with Gasteiger partial charge in [0, 0.05) is 29.3 Å². The molecule has 166 valence electrons. The number of ether oxygens (including phenoxy) is 1. The summed E-state index contributed by atoms with van der Waals surface area (Å²) in [4.78, 5) is 26.6. The molecule has 0 radical (unpaired) electrons. The number of hydrogen-bond acceptors (Lipinski definition) is 4. The molecule has 1 aliphatic carbocycles. The lowest BCUT2D eigenvalue weighted by atomic mass is 9.72. The summed E-state index contributed by atoms with van der Waals surface area (Å²) in [7, 11) is 0. The highest BCUT2D eigenvalue weighted by molar-refractivity contribution is 6.42. The van der Waals surface area contributed by atoms with Gasteiger partial charge in [0.1, 0.15) is 0 Å². The fourth-order valence-electron chi connectivity index (χ4n) is 4.57. The van der Waals surface area contributed by atoms with E-state index in [1.807, 2.05) is 31.2 Å². The van der Waals surface area contributed by atoms with E-state index in [4.69, 9.17) is 27.9 Å². The molecule has 2 aromatic rings. The van der Waals surface area contributed by atoms with Crippen LogP contribution in [-0.2, 0) is 14.3 Å². The maximum absolute atomic E-state index is 13.5. The van der Waals surface area contributed by atoms with Gasteiger partial charge in [0.05, 0.1) is 21.7 Å². The van der Waals surface area contributed by atoms with E-state index in [9.17, 15) is 9.59 Å². The fourth-order valence-corrected chi connectivity index (χ4v) is 4.88. The minimum absolute atomic E-state index is 0.0195. The van der Waals surface area contributed by atoms with Crippen LogP contribution < -0.4 is 5.32 Å². The zero-order valence-corrected chi connectivity index (χ0v) is 19.8. The van der Waals surface area contributed by atoms with Gasteiger partial charge >= 0.3 is 5.97 Å². The molecule has 0 amide bonds. The van der Waals surface area contributed by atoms with Gasteiger partial charge in [-0.2, -0.15) is 0 Å². The van der Waals surface area contributed by atoms with Gasteiger partial charge < -0.3 is 10.1 Å². The van der Waals surface area contributed by atoms with E-state index >= 15 is 0 Å². The van der Waals surface area contributed by atoms with E-state index in [2.05, 4.69) is 17.4 Å². The largest absolute Gasteiger partial charge is 0.460 e. The van der Waals surface area contributed by atoms with Gasteiger partial charge in [0.2, 0.25) is 0 Å². The molecule has 1 aliphatic heterocycles. The number of Topliss-reactive ketones (excluding diaryl/α,β-unsaturated/α-hetero) is 1. The third kappa shape index (κ3) is 4.35. The van der Waals surface area contributed by atoms with Crippen LogP contribution in [0.5, 0.6) is 0 Å². The van der Waals surface area contributed by atoms with Crippen molar-refractivity contribution < 1.29 is 14.3 Å². The van der Waals surface area contributed by atoms with Gasteiger partial charge in [0.15, 0.2) is 5.78 Å². The number of halogens is 2. The summed E-state index contributed by atoms with van der Waals surface area (Å²) in [6, 6.07) is 15.3. The molecule has 1 N–H and O–H groups in total. The van der Waals surface area contributed by atoms with Crippen molar-refractivity contribution in [3.63, 3.8) is 0 Å². The molecule has 4 rings (SSSR count). The molecule has 0 spiro atoms. The lowest BCUT2D eigenvalue weighted by molar-refractivity contribution is -0.143. The lowest BCUT2D eigenvalue weighted by Crippen LogP contribution is -2.36. The first kappa shape index (κ1) is 22.6. The number of carbonyl (C=O) groups excluding carboxylic acids is 2. The molecule has 2 aromatic carbocycles. The maximum atomic E-state index is 13.5. The fraction of sp³-hybridized carbons (Fsp3) is 0.308. The quantitative estimate of drug-likeness (QED) is 0.533. The smallest absolute Gasteiger partial charge is 0.337 e. The van der Waals surface area contributed by atoms with Crippen LogP contribution in [0.1, 0.15) is 56.6 Å². The highest BCUT2D eigenvalue weighted by Gasteiger charge is 2.41. The molecule has 0 aromatic heterocycles. The molecule has 6 heteroatoms. The third-order valence-corrected chi connectivity index (χ3v) is 6.68. The Balaban J connectivity index is 1.82. The number of carbonyl (C=O) groups is 2. The van der Waals surface area contributed by atoms with Crippen molar-refractivity contribution in [1.29, 1.82) is 0 Å². The summed E-state index contributed by atoms with van der Waals surface area (Å²) in [5, 5.41) is 4.16. The highest BCUT2D eigenvalue weighted by atomic mass is 35.5. The summed E-state index contributed by atoms with van der Waals surface area (Å²) in [6.07, 6.45) is 0.790.